The molecular formula is C8H6F3W-. The Balaban J connectivity index is 0.00000121. The van der Waals surface area contributed by atoms with E-state index in [-0.39, 0.29) is 26.6 Å². The first-order valence-electron chi connectivity index (χ1n) is 3.06. The Hall–Kier alpha value is -0.302. The number of hydrogen-bond acceptors (Lipinski definition) is 0. The molecule has 0 aromatic heterocycles. The fourth-order valence-electron chi connectivity index (χ4n) is 0.827. The van der Waals surface area contributed by atoms with Gasteiger partial charge in [-0.3, -0.25) is 0 Å². The average Bonchev–Trinajstić information content (AvgIpc) is 1.86. The molecule has 0 aliphatic rings. The fourth-order valence-corrected chi connectivity index (χ4v) is 0.827. The van der Waals surface area contributed by atoms with E-state index in [1.165, 1.54) is 19.1 Å². The van der Waals surface area contributed by atoms with Gasteiger partial charge in [0, 0.05) is 21.1 Å². The van der Waals surface area contributed by atoms with Crippen LogP contribution in [0.3, 0.4) is 0 Å². The van der Waals surface area contributed by atoms with E-state index in [0.717, 1.165) is 6.07 Å². The third kappa shape index (κ3) is 2.63. The SMILES string of the molecule is Cc1[c-]cccc1C(F)(F)F.[W]. The number of benzene rings is 1. The second-order valence-electron chi connectivity index (χ2n) is 2.21. The second kappa shape index (κ2) is 4.08. The third-order valence-corrected chi connectivity index (χ3v) is 1.37. The molecule has 0 amide bonds. The topological polar surface area (TPSA) is 0 Å². The Labute approximate surface area is 83.0 Å². The van der Waals surface area contributed by atoms with Gasteiger partial charge in [0.15, 0.2) is 0 Å². The van der Waals surface area contributed by atoms with Crippen LogP contribution in [0.4, 0.5) is 13.2 Å². The van der Waals surface area contributed by atoms with Crippen LogP contribution in [-0.4, -0.2) is 0 Å². The Kier molecular flexibility index (Phi) is 3.98. The van der Waals surface area contributed by atoms with Gasteiger partial charge in [0.1, 0.15) is 0 Å². The molecular weight excluding hydrogens is 337 g/mol. The second-order valence-corrected chi connectivity index (χ2v) is 2.21. The van der Waals surface area contributed by atoms with Crippen molar-refractivity contribution < 1.29 is 34.2 Å². The van der Waals surface area contributed by atoms with E-state index in [1.54, 1.807) is 0 Å². The minimum absolute atomic E-state index is 0. The zero-order valence-electron chi connectivity index (χ0n) is 6.27. The zero-order valence-corrected chi connectivity index (χ0v) is 9.21. The van der Waals surface area contributed by atoms with Crippen LogP contribution in [0.15, 0.2) is 18.2 Å². The average molecular weight is 343 g/mol. The van der Waals surface area contributed by atoms with Crippen molar-refractivity contribution in [2.24, 2.45) is 0 Å². The molecule has 12 heavy (non-hydrogen) atoms. The molecule has 0 bridgehead atoms. The van der Waals surface area contributed by atoms with Crippen LogP contribution in [0.1, 0.15) is 11.1 Å². The van der Waals surface area contributed by atoms with Crippen molar-refractivity contribution in [3.05, 3.63) is 35.4 Å². The van der Waals surface area contributed by atoms with Crippen molar-refractivity contribution in [1.29, 1.82) is 0 Å². The standard InChI is InChI=1S/C8H6F3.W/c1-6-4-2-3-5-7(6)8(9,10)11;/h2-3,5H,1H3;/q-1;. The van der Waals surface area contributed by atoms with Crippen LogP contribution in [0.25, 0.3) is 0 Å². The maximum atomic E-state index is 12.0. The third-order valence-electron chi connectivity index (χ3n) is 1.37. The summed E-state index contributed by atoms with van der Waals surface area (Å²) in [4.78, 5) is 0. The molecule has 0 aliphatic carbocycles. The number of rotatable bonds is 0. The van der Waals surface area contributed by atoms with Crippen molar-refractivity contribution in [1.82, 2.24) is 0 Å². The van der Waals surface area contributed by atoms with Gasteiger partial charge in [0.25, 0.3) is 0 Å². The fraction of sp³-hybridized carbons (Fsp3) is 0.250. The summed E-state index contributed by atoms with van der Waals surface area (Å²) in [5.41, 5.74) is -0.472. The molecule has 0 atom stereocenters. The minimum atomic E-state index is -4.25. The number of alkyl halides is 3. The van der Waals surface area contributed by atoms with Gasteiger partial charge in [-0.15, -0.1) is 0 Å². The molecule has 1 aromatic rings. The summed E-state index contributed by atoms with van der Waals surface area (Å²) >= 11 is 0. The Bertz CT molecular complexity index is 255. The summed E-state index contributed by atoms with van der Waals surface area (Å²) in [5, 5.41) is 0. The summed E-state index contributed by atoms with van der Waals surface area (Å²) in [6.45, 7) is 1.39. The van der Waals surface area contributed by atoms with Crippen molar-refractivity contribution in [3.8, 4) is 0 Å². The van der Waals surface area contributed by atoms with Crippen molar-refractivity contribution in [2.45, 2.75) is 13.1 Å². The number of halogens is 3. The predicted molar refractivity (Wildman–Crippen MR) is 35.0 cm³/mol. The molecule has 0 saturated carbocycles. The van der Waals surface area contributed by atoms with Crippen LogP contribution in [0.5, 0.6) is 0 Å². The first-order chi connectivity index (χ1) is 5.02. The van der Waals surface area contributed by atoms with E-state index in [4.69, 9.17) is 0 Å². The summed E-state index contributed by atoms with van der Waals surface area (Å²) < 4.78 is 36.1. The van der Waals surface area contributed by atoms with Gasteiger partial charge in [0.2, 0.25) is 0 Å². The van der Waals surface area contributed by atoms with Crippen molar-refractivity contribution in [3.63, 3.8) is 0 Å². The Morgan fingerprint density at radius 3 is 2.25 bits per heavy atom. The van der Waals surface area contributed by atoms with Gasteiger partial charge in [0.05, 0.1) is 0 Å². The van der Waals surface area contributed by atoms with E-state index in [0.29, 0.717) is 0 Å². The molecule has 1 rings (SSSR count). The number of hydrogen-bond donors (Lipinski definition) is 0. The summed E-state index contributed by atoms with van der Waals surface area (Å²) in [7, 11) is 0. The van der Waals surface area contributed by atoms with Gasteiger partial charge in [-0.2, -0.15) is 43.0 Å². The number of aryl methyl sites for hydroxylation is 1. The van der Waals surface area contributed by atoms with Crippen LogP contribution < -0.4 is 0 Å². The molecule has 1 aromatic carbocycles. The van der Waals surface area contributed by atoms with Gasteiger partial charge in [-0.1, -0.05) is 12.5 Å². The predicted octanol–water partition coefficient (Wildman–Crippen LogP) is 2.81. The van der Waals surface area contributed by atoms with Crippen LogP contribution in [0.2, 0.25) is 0 Å². The van der Waals surface area contributed by atoms with Gasteiger partial charge in [-0.05, 0) is 0 Å². The molecule has 0 unspecified atom stereocenters. The van der Waals surface area contributed by atoms with Crippen molar-refractivity contribution >= 4 is 0 Å². The van der Waals surface area contributed by atoms with E-state index in [9.17, 15) is 13.2 Å². The summed E-state index contributed by atoms with van der Waals surface area (Å²) in [6.07, 6.45) is -4.25. The Morgan fingerprint density at radius 2 is 1.92 bits per heavy atom. The van der Waals surface area contributed by atoms with E-state index in [1.807, 2.05) is 0 Å². The molecule has 4 heteroatoms. The Morgan fingerprint density at radius 1 is 1.33 bits per heavy atom. The molecule has 0 saturated heterocycles. The first kappa shape index (κ1) is 11.7. The molecule has 0 nitrogen and oxygen atoms in total. The molecule has 0 radical (unpaired) electrons. The van der Waals surface area contributed by atoms with E-state index >= 15 is 0 Å². The smallest absolute Gasteiger partial charge is 0.180 e. The molecule has 0 aliphatic heterocycles. The maximum absolute atomic E-state index is 12.0. The summed E-state index contributed by atoms with van der Waals surface area (Å²) in [6, 6.07) is 6.33. The quantitative estimate of drug-likeness (QED) is 0.636. The minimum Gasteiger partial charge on any atom is -0.180 e. The van der Waals surface area contributed by atoms with E-state index in [2.05, 4.69) is 6.07 Å². The van der Waals surface area contributed by atoms with Crippen LogP contribution >= 0.6 is 0 Å². The van der Waals surface area contributed by atoms with Gasteiger partial charge < -0.3 is 0 Å². The maximum Gasteiger partial charge on any atom is 0.370 e. The van der Waals surface area contributed by atoms with Gasteiger partial charge >= 0.3 is 6.18 Å². The molecule has 0 N–H and O–H groups in total. The molecule has 66 valence electrons. The molecule has 0 spiro atoms. The van der Waals surface area contributed by atoms with E-state index < -0.39 is 11.7 Å². The zero-order chi connectivity index (χ0) is 8.48. The molecule has 0 fully saturated rings. The normalized spacial score (nSPS) is 10.7. The summed E-state index contributed by atoms with van der Waals surface area (Å²) in [5.74, 6) is 0. The van der Waals surface area contributed by atoms with Crippen LogP contribution in [-0.2, 0) is 27.2 Å². The monoisotopic (exact) mass is 343 g/mol. The van der Waals surface area contributed by atoms with Gasteiger partial charge in [-0.25, -0.2) is 0 Å². The first-order valence-corrected chi connectivity index (χ1v) is 3.06. The molecule has 0 heterocycles. The largest absolute Gasteiger partial charge is 0.370 e. The van der Waals surface area contributed by atoms with Crippen molar-refractivity contribution in [2.75, 3.05) is 0 Å². The van der Waals surface area contributed by atoms with Crippen LogP contribution in [0, 0.1) is 13.0 Å².